The molecule has 2 atom stereocenters. The van der Waals surface area contributed by atoms with E-state index in [-0.39, 0.29) is 5.91 Å². The van der Waals surface area contributed by atoms with Gasteiger partial charge in [0, 0.05) is 19.5 Å². The van der Waals surface area contributed by atoms with Crippen LogP contribution in [0.2, 0.25) is 0 Å². The van der Waals surface area contributed by atoms with E-state index in [0.29, 0.717) is 5.69 Å². The Kier molecular flexibility index (Phi) is 3.10. The molecule has 1 saturated heterocycles. The number of carbonyl (C=O) groups excluding carboxylic acids is 1. The summed E-state index contributed by atoms with van der Waals surface area (Å²) < 4.78 is 5.25. The van der Waals surface area contributed by atoms with Crippen LogP contribution in [0.4, 0.5) is 0 Å². The van der Waals surface area contributed by atoms with Gasteiger partial charge in [-0.1, -0.05) is 19.8 Å². The molecule has 0 N–H and O–H groups in total. The second kappa shape index (κ2) is 4.75. The number of hydrogen-bond donors (Lipinski definition) is 0. The molecule has 0 bridgehead atoms. The third-order valence-electron chi connectivity index (χ3n) is 4.43. The first-order valence-corrected chi connectivity index (χ1v) is 7.01. The van der Waals surface area contributed by atoms with Crippen molar-refractivity contribution in [1.29, 1.82) is 0 Å². The van der Waals surface area contributed by atoms with Crippen molar-refractivity contribution in [1.82, 2.24) is 9.88 Å². The largest absolute Gasteiger partial charge is 0.448 e. The summed E-state index contributed by atoms with van der Waals surface area (Å²) in [6, 6.07) is 0. The Bertz CT molecular complexity index is 427. The molecule has 98 valence electrons. The van der Waals surface area contributed by atoms with Gasteiger partial charge in [0.05, 0.1) is 0 Å². The van der Waals surface area contributed by atoms with Crippen molar-refractivity contribution in [3.05, 3.63) is 17.8 Å². The van der Waals surface area contributed by atoms with Gasteiger partial charge in [0.15, 0.2) is 12.1 Å². The van der Waals surface area contributed by atoms with E-state index in [1.54, 1.807) is 0 Å². The van der Waals surface area contributed by atoms with Crippen LogP contribution < -0.4 is 0 Å². The first-order valence-electron chi connectivity index (χ1n) is 7.01. The summed E-state index contributed by atoms with van der Waals surface area (Å²) in [7, 11) is 0. The van der Waals surface area contributed by atoms with Gasteiger partial charge in [-0.15, -0.1) is 0 Å². The van der Waals surface area contributed by atoms with Crippen LogP contribution in [0.3, 0.4) is 0 Å². The molecule has 1 aromatic rings. The summed E-state index contributed by atoms with van der Waals surface area (Å²) in [6.07, 6.45) is 7.33. The molecule has 0 aromatic carbocycles. The molecule has 4 heteroatoms. The van der Waals surface area contributed by atoms with Gasteiger partial charge < -0.3 is 9.32 Å². The molecule has 1 aromatic heterocycles. The lowest BCUT2D eigenvalue weighted by molar-refractivity contribution is 0.0776. The smallest absolute Gasteiger partial charge is 0.276 e. The topological polar surface area (TPSA) is 46.3 Å². The van der Waals surface area contributed by atoms with Crippen molar-refractivity contribution < 1.29 is 9.21 Å². The molecule has 1 saturated carbocycles. The summed E-state index contributed by atoms with van der Waals surface area (Å²) in [5.41, 5.74) is 0.524. The van der Waals surface area contributed by atoms with Crippen LogP contribution >= 0.6 is 0 Å². The highest BCUT2D eigenvalue weighted by Gasteiger charge is 2.37. The van der Waals surface area contributed by atoms with Gasteiger partial charge in [-0.3, -0.25) is 4.79 Å². The Morgan fingerprint density at radius 1 is 1.39 bits per heavy atom. The van der Waals surface area contributed by atoms with E-state index in [9.17, 15) is 4.79 Å². The minimum absolute atomic E-state index is 0.0648. The summed E-state index contributed by atoms with van der Waals surface area (Å²) >= 11 is 0. The number of hydrogen-bond acceptors (Lipinski definition) is 3. The molecule has 4 nitrogen and oxygen atoms in total. The molecule has 18 heavy (non-hydrogen) atoms. The first kappa shape index (κ1) is 11.8. The second-order valence-electron chi connectivity index (χ2n) is 5.49. The van der Waals surface area contributed by atoms with Crippen molar-refractivity contribution in [3.63, 3.8) is 0 Å². The van der Waals surface area contributed by atoms with Crippen molar-refractivity contribution >= 4 is 5.91 Å². The van der Waals surface area contributed by atoms with Crippen LogP contribution in [-0.4, -0.2) is 28.9 Å². The quantitative estimate of drug-likeness (QED) is 0.807. The van der Waals surface area contributed by atoms with Crippen LogP contribution in [-0.2, 0) is 6.42 Å². The number of fused-ring (bicyclic) bond motifs is 1. The Balaban J connectivity index is 1.74. The number of aryl methyl sites for hydroxylation is 1. The molecule has 1 aliphatic carbocycles. The molecule has 0 radical (unpaired) electrons. The molecule has 1 aliphatic heterocycles. The summed E-state index contributed by atoms with van der Waals surface area (Å²) in [5, 5.41) is 0. The average molecular weight is 248 g/mol. The molecule has 2 fully saturated rings. The van der Waals surface area contributed by atoms with Crippen molar-refractivity contribution in [2.75, 3.05) is 13.1 Å². The van der Waals surface area contributed by atoms with E-state index in [4.69, 9.17) is 4.42 Å². The van der Waals surface area contributed by atoms with Gasteiger partial charge >= 0.3 is 0 Å². The van der Waals surface area contributed by atoms with Crippen LogP contribution in [0, 0.1) is 11.8 Å². The summed E-state index contributed by atoms with van der Waals surface area (Å²) in [4.78, 5) is 18.5. The zero-order valence-corrected chi connectivity index (χ0v) is 10.9. The lowest BCUT2D eigenvalue weighted by Gasteiger charge is -2.22. The van der Waals surface area contributed by atoms with Gasteiger partial charge in [0.25, 0.3) is 5.91 Å². The molecule has 2 aliphatic rings. The fourth-order valence-electron chi connectivity index (χ4n) is 3.42. The Hall–Kier alpha value is -1.32. The number of rotatable bonds is 2. The Morgan fingerprint density at radius 2 is 2.06 bits per heavy atom. The maximum absolute atomic E-state index is 12.4. The third kappa shape index (κ3) is 1.93. The van der Waals surface area contributed by atoms with E-state index in [2.05, 4.69) is 4.98 Å². The number of oxazole rings is 1. The number of amides is 1. The summed E-state index contributed by atoms with van der Waals surface area (Å²) in [6.45, 7) is 3.82. The SMILES string of the molecule is CCc1ocnc1C(=O)N1CC2CCCCC2C1. The lowest BCUT2D eigenvalue weighted by atomic mass is 9.82. The Morgan fingerprint density at radius 3 is 2.67 bits per heavy atom. The maximum atomic E-state index is 12.4. The van der Waals surface area contributed by atoms with E-state index >= 15 is 0 Å². The zero-order chi connectivity index (χ0) is 12.5. The minimum atomic E-state index is 0.0648. The monoisotopic (exact) mass is 248 g/mol. The molecule has 0 spiro atoms. The lowest BCUT2D eigenvalue weighted by Crippen LogP contribution is -2.30. The zero-order valence-electron chi connectivity index (χ0n) is 10.9. The van der Waals surface area contributed by atoms with E-state index in [1.807, 2.05) is 11.8 Å². The van der Waals surface area contributed by atoms with Crippen LogP contribution in [0.1, 0.15) is 48.9 Å². The van der Waals surface area contributed by atoms with E-state index in [0.717, 1.165) is 37.1 Å². The third-order valence-corrected chi connectivity index (χ3v) is 4.43. The maximum Gasteiger partial charge on any atom is 0.276 e. The highest BCUT2D eigenvalue weighted by molar-refractivity contribution is 5.93. The van der Waals surface area contributed by atoms with E-state index < -0.39 is 0 Å². The molecular formula is C14H20N2O2. The number of carbonyl (C=O) groups is 1. The fourth-order valence-corrected chi connectivity index (χ4v) is 3.42. The van der Waals surface area contributed by atoms with Gasteiger partial charge in [-0.05, 0) is 24.7 Å². The van der Waals surface area contributed by atoms with Crippen LogP contribution in [0.5, 0.6) is 0 Å². The first-order chi connectivity index (χ1) is 8.79. The van der Waals surface area contributed by atoms with Crippen LogP contribution in [0.25, 0.3) is 0 Å². The number of likely N-dealkylation sites (tertiary alicyclic amines) is 1. The molecular weight excluding hydrogens is 228 g/mol. The predicted molar refractivity (Wildman–Crippen MR) is 67.2 cm³/mol. The van der Waals surface area contributed by atoms with Gasteiger partial charge in [-0.25, -0.2) is 4.98 Å². The van der Waals surface area contributed by atoms with Gasteiger partial charge in [-0.2, -0.15) is 0 Å². The van der Waals surface area contributed by atoms with Crippen molar-refractivity contribution in [2.24, 2.45) is 11.8 Å². The van der Waals surface area contributed by atoms with Crippen LogP contribution in [0.15, 0.2) is 10.8 Å². The van der Waals surface area contributed by atoms with Gasteiger partial charge in [0.1, 0.15) is 5.76 Å². The van der Waals surface area contributed by atoms with Gasteiger partial charge in [0.2, 0.25) is 0 Å². The Labute approximate surface area is 107 Å². The van der Waals surface area contributed by atoms with E-state index in [1.165, 1.54) is 32.1 Å². The van der Waals surface area contributed by atoms with Crippen molar-refractivity contribution in [3.8, 4) is 0 Å². The highest BCUT2D eigenvalue weighted by Crippen LogP contribution is 2.36. The predicted octanol–water partition coefficient (Wildman–Crippen LogP) is 2.50. The minimum Gasteiger partial charge on any atom is -0.448 e. The number of nitrogens with zero attached hydrogens (tertiary/aromatic N) is 2. The standard InChI is InChI=1S/C14H20N2O2/c1-2-12-13(15-9-18-12)14(17)16-7-10-5-3-4-6-11(10)8-16/h9-11H,2-8H2,1H3. The molecule has 2 unspecified atom stereocenters. The average Bonchev–Trinajstić information content (AvgIpc) is 3.03. The second-order valence-corrected chi connectivity index (χ2v) is 5.49. The normalized spacial score (nSPS) is 27.3. The summed E-state index contributed by atoms with van der Waals surface area (Å²) in [5.74, 6) is 2.23. The highest BCUT2D eigenvalue weighted by atomic mass is 16.3. The van der Waals surface area contributed by atoms with Crippen molar-refractivity contribution in [2.45, 2.75) is 39.0 Å². The number of aromatic nitrogens is 1. The fraction of sp³-hybridized carbons (Fsp3) is 0.714. The molecule has 2 heterocycles. The molecule has 3 rings (SSSR count). The molecule has 1 amide bonds.